The molecule has 5 rings (SSSR count). The lowest BCUT2D eigenvalue weighted by Gasteiger charge is -2.23. The smallest absolute Gasteiger partial charge is 0.145 e. The Morgan fingerprint density at radius 1 is 0.742 bits per heavy atom. The molecule has 1 atom stereocenters. The summed E-state index contributed by atoms with van der Waals surface area (Å²) in [7, 11) is 0. The SMILES string of the molecule is CC1=CC(C2=CCCC=C2)=NC(c2ccc(-c3ccc(-c4ccccc4)cc3)cc2)N1. The number of rotatable bonds is 4. The first kappa shape index (κ1) is 19.3. The average Bonchev–Trinajstić information content (AvgIpc) is 2.85. The van der Waals surface area contributed by atoms with Crippen LogP contribution < -0.4 is 5.32 Å². The van der Waals surface area contributed by atoms with Gasteiger partial charge in [0.15, 0.2) is 0 Å². The molecule has 0 aromatic heterocycles. The summed E-state index contributed by atoms with van der Waals surface area (Å²) in [6, 6.07) is 28.0. The second-order valence-corrected chi connectivity index (χ2v) is 8.09. The molecule has 2 aliphatic rings. The van der Waals surface area contributed by atoms with Crippen LogP contribution in [0.15, 0.2) is 119 Å². The van der Waals surface area contributed by atoms with E-state index < -0.39 is 0 Å². The largest absolute Gasteiger partial charge is 0.364 e. The molecule has 3 aromatic carbocycles. The molecule has 1 aliphatic carbocycles. The summed E-state index contributed by atoms with van der Waals surface area (Å²) in [5, 5.41) is 3.51. The van der Waals surface area contributed by atoms with Crippen molar-refractivity contribution in [2.75, 3.05) is 0 Å². The number of nitrogens with zero attached hydrogens (tertiary/aromatic N) is 1. The van der Waals surface area contributed by atoms with Gasteiger partial charge in [-0.1, -0.05) is 97.1 Å². The molecule has 0 spiro atoms. The minimum Gasteiger partial charge on any atom is -0.364 e. The van der Waals surface area contributed by atoms with Gasteiger partial charge in [-0.3, -0.25) is 4.99 Å². The molecule has 31 heavy (non-hydrogen) atoms. The average molecular weight is 403 g/mol. The highest BCUT2D eigenvalue weighted by atomic mass is 15.1. The Bertz CT molecular complexity index is 1180. The Labute approximate surface area is 184 Å². The van der Waals surface area contributed by atoms with Gasteiger partial charge in [-0.25, -0.2) is 0 Å². The quantitative estimate of drug-likeness (QED) is 0.488. The van der Waals surface area contributed by atoms with Gasteiger partial charge in [0.25, 0.3) is 0 Å². The van der Waals surface area contributed by atoms with E-state index in [2.05, 4.69) is 109 Å². The van der Waals surface area contributed by atoms with E-state index in [4.69, 9.17) is 4.99 Å². The van der Waals surface area contributed by atoms with Crippen LogP contribution in [-0.2, 0) is 0 Å². The molecule has 152 valence electrons. The first-order valence-electron chi connectivity index (χ1n) is 10.9. The molecule has 0 saturated carbocycles. The van der Waals surface area contributed by atoms with Gasteiger partial charge < -0.3 is 5.32 Å². The maximum Gasteiger partial charge on any atom is 0.145 e. The molecule has 1 N–H and O–H groups in total. The Kier molecular flexibility index (Phi) is 5.37. The number of allylic oxidation sites excluding steroid dienone is 6. The summed E-state index contributed by atoms with van der Waals surface area (Å²) in [6.45, 7) is 2.11. The van der Waals surface area contributed by atoms with Crippen molar-refractivity contribution in [1.29, 1.82) is 0 Å². The second kappa shape index (κ2) is 8.61. The Morgan fingerprint density at radius 3 is 1.97 bits per heavy atom. The van der Waals surface area contributed by atoms with Gasteiger partial charge in [0, 0.05) is 5.70 Å². The van der Waals surface area contributed by atoms with Crippen LogP contribution >= 0.6 is 0 Å². The Balaban J connectivity index is 1.36. The molecule has 1 unspecified atom stereocenters. The van der Waals surface area contributed by atoms with Crippen LogP contribution in [0, 0.1) is 0 Å². The van der Waals surface area contributed by atoms with Crippen molar-refractivity contribution in [2.45, 2.75) is 25.9 Å². The summed E-state index contributed by atoms with van der Waals surface area (Å²) in [5.74, 6) is 0. The summed E-state index contributed by atoms with van der Waals surface area (Å²) in [4.78, 5) is 4.98. The monoisotopic (exact) mass is 402 g/mol. The number of benzene rings is 3. The number of hydrogen-bond donors (Lipinski definition) is 1. The lowest BCUT2D eigenvalue weighted by atomic mass is 9.98. The van der Waals surface area contributed by atoms with E-state index in [-0.39, 0.29) is 6.17 Å². The van der Waals surface area contributed by atoms with Crippen molar-refractivity contribution < 1.29 is 0 Å². The zero-order valence-electron chi connectivity index (χ0n) is 17.8. The fourth-order valence-corrected chi connectivity index (χ4v) is 4.13. The van der Waals surface area contributed by atoms with Crippen LogP contribution in [0.5, 0.6) is 0 Å². The molecular weight excluding hydrogens is 376 g/mol. The fourth-order valence-electron chi connectivity index (χ4n) is 4.13. The van der Waals surface area contributed by atoms with Crippen molar-refractivity contribution in [1.82, 2.24) is 5.32 Å². The van der Waals surface area contributed by atoms with Gasteiger partial charge in [0.1, 0.15) is 6.17 Å². The Hall–Kier alpha value is -3.65. The van der Waals surface area contributed by atoms with Crippen LogP contribution in [-0.4, -0.2) is 5.71 Å². The normalized spacial score (nSPS) is 18.0. The third-order valence-corrected chi connectivity index (χ3v) is 5.83. The Morgan fingerprint density at radius 2 is 1.35 bits per heavy atom. The van der Waals surface area contributed by atoms with Gasteiger partial charge in [-0.15, -0.1) is 0 Å². The minimum atomic E-state index is -0.0502. The molecule has 3 aromatic rings. The molecule has 0 fully saturated rings. The number of aliphatic imine (C=N–C) groups is 1. The standard InChI is InChI=1S/C29H26N2/c1-21-20-28(26-10-6-3-7-11-26)31-29(30-21)27-18-16-25(17-19-27)24-14-12-23(13-15-24)22-8-4-2-5-9-22/h2,4-6,8-20,29-30H,3,7H2,1H3. The van der Waals surface area contributed by atoms with Crippen LogP contribution in [0.1, 0.15) is 31.5 Å². The number of nitrogens with one attached hydrogen (secondary N) is 1. The van der Waals surface area contributed by atoms with Gasteiger partial charge in [-0.05, 0) is 59.2 Å². The van der Waals surface area contributed by atoms with Gasteiger partial charge in [0.2, 0.25) is 0 Å². The maximum absolute atomic E-state index is 4.98. The van der Waals surface area contributed by atoms with Crippen molar-refractivity contribution in [2.24, 2.45) is 4.99 Å². The molecule has 1 heterocycles. The summed E-state index contributed by atoms with van der Waals surface area (Å²) in [5.41, 5.74) is 9.54. The third-order valence-electron chi connectivity index (χ3n) is 5.83. The first-order chi connectivity index (χ1) is 15.3. The van der Waals surface area contributed by atoms with E-state index in [1.54, 1.807) is 0 Å². The lowest BCUT2D eigenvalue weighted by molar-refractivity contribution is 0.620. The highest BCUT2D eigenvalue weighted by molar-refractivity contribution is 6.11. The van der Waals surface area contributed by atoms with Crippen LogP contribution in [0.2, 0.25) is 0 Å². The number of hydrogen-bond acceptors (Lipinski definition) is 2. The van der Waals surface area contributed by atoms with Gasteiger partial charge in [0.05, 0.1) is 5.71 Å². The lowest BCUT2D eigenvalue weighted by Crippen LogP contribution is -2.24. The van der Waals surface area contributed by atoms with E-state index in [1.165, 1.54) is 33.4 Å². The topological polar surface area (TPSA) is 24.4 Å². The predicted molar refractivity (Wildman–Crippen MR) is 131 cm³/mol. The summed E-state index contributed by atoms with van der Waals surface area (Å²) in [6.07, 6.45) is 11.0. The highest BCUT2D eigenvalue weighted by Gasteiger charge is 2.17. The highest BCUT2D eigenvalue weighted by Crippen LogP contribution is 2.28. The first-order valence-corrected chi connectivity index (χ1v) is 10.9. The van der Waals surface area contributed by atoms with Crippen LogP contribution in [0.3, 0.4) is 0 Å². The molecule has 0 saturated heterocycles. The second-order valence-electron chi connectivity index (χ2n) is 8.09. The minimum absolute atomic E-state index is 0.0502. The summed E-state index contributed by atoms with van der Waals surface area (Å²) < 4.78 is 0. The predicted octanol–water partition coefficient (Wildman–Crippen LogP) is 7.24. The van der Waals surface area contributed by atoms with Crippen molar-refractivity contribution in [3.05, 3.63) is 120 Å². The molecule has 2 heteroatoms. The van der Waals surface area contributed by atoms with Crippen molar-refractivity contribution in [3.63, 3.8) is 0 Å². The van der Waals surface area contributed by atoms with Crippen molar-refractivity contribution >= 4 is 5.71 Å². The molecule has 0 radical (unpaired) electrons. The van der Waals surface area contributed by atoms with E-state index in [1.807, 2.05) is 6.07 Å². The van der Waals surface area contributed by atoms with Gasteiger partial charge in [-0.2, -0.15) is 0 Å². The summed E-state index contributed by atoms with van der Waals surface area (Å²) >= 11 is 0. The van der Waals surface area contributed by atoms with Gasteiger partial charge >= 0.3 is 0 Å². The fraction of sp³-hybridized carbons (Fsp3) is 0.138. The van der Waals surface area contributed by atoms with E-state index in [9.17, 15) is 0 Å². The zero-order chi connectivity index (χ0) is 21.0. The maximum atomic E-state index is 4.98. The third kappa shape index (κ3) is 4.29. The molecule has 1 aliphatic heterocycles. The molecular formula is C29H26N2. The van der Waals surface area contributed by atoms with Crippen molar-refractivity contribution in [3.8, 4) is 22.3 Å². The van der Waals surface area contributed by atoms with Crippen LogP contribution in [0.4, 0.5) is 0 Å². The molecule has 0 bridgehead atoms. The molecule has 2 nitrogen and oxygen atoms in total. The van der Waals surface area contributed by atoms with E-state index in [0.717, 1.165) is 24.3 Å². The van der Waals surface area contributed by atoms with Crippen LogP contribution in [0.25, 0.3) is 22.3 Å². The van der Waals surface area contributed by atoms with E-state index >= 15 is 0 Å². The van der Waals surface area contributed by atoms with E-state index in [0.29, 0.717) is 0 Å². The zero-order valence-corrected chi connectivity index (χ0v) is 17.8. The molecule has 0 amide bonds.